The van der Waals surface area contributed by atoms with Crippen LogP contribution in [0.3, 0.4) is 0 Å². The van der Waals surface area contributed by atoms with Crippen LogP contribution in [-0.2, 0) is 13.0 Å². The van der Waals surface area contributed by atoms with E-state index in [2.05, 4.69) is 22.2 Å². The Hall–Kier alpha value is -1.24. The first-order chi connectivity index (χ1) is 10.2. The lowest BCUT2D eigenvalue weighted by atomic mass is 10.0. The molecule has 6 nitrogen and oxygen atoms in total. The van der Waals surface area contributed by atoms with Crippen molar-refractivity contribution in [1.29, 1.82) is 0 Å². The number of nitrogens with zero attached hydrogens (tertiary/aromatic N) is 4. The van der Waals surface area contributed by atoms with Crippen molar-refractivity contribution in [3.8, 4) is 0 Å². The van der Waals surface area contributed by atoms with E-state index in [9.17, 15) is 0 Å². The van der Waals surface area contributed by atoms with E-state index in [1.807, 2.05) is 7.05 Å². The minimum absolute atomic E-state index is 0.227. The van der Waals surface area contributed by atoms with Crippen molar-refractivity contribution < 1.29 is 5.11 Å². The van der Waals surface area contributed by atoms with Gasteiger partial charge in [0.15, 0.2) is 0 Å². The molecule has 0 aliphatic carbocycles. The molecule has 3 rings (SSSR count). The van der Waals surface area contributed by atoms with Gasteiger partial charge in [-0.15, -0.1) is 0 Å². The number of anilines is 1. The molecule has 1 unspecified atom stereocenters. The summed E-state index contributed by atoms with van der Waals surface area (Å²) in [7, 11) is 4.08. The van der Waals surface area contributed by atoms with Crippen molar-refractivity contribution in [3.05, 3.63) is 17.1 Å². The first-order valence-corrected chi connectivity index (χ1v) is 7.80. The molecule has 116 valence electrons. The number of nitrogens with one attached hydrogen (secondary N) is 1. The van der Waals surface area contributed by atoms with Gasteiger partial charge in [0.1, 0.15) is 11.6 Å². The Bertz CT molecular complexity index is 507. The smallest absolute Gasteiger partial charge is 0.135 e. The third kappa shape index (κ3) is 3.02. The topological polar surface area (TPSA) is 64.5 Å². The molecule has 2 aliphatic rings. The van der Waals surface area contributed by atoms with Crippen LogP contribution in [0.25, 0.3) is 0 Å². The van der Waals surface area contributed by atoms with Crippen LogP contribution in [0.5, 0.6) is 0 Å². The molecule has 0 radical (unpaired) electrons. The van der Waals surface area contributed by atoms with Gasteiger partial charge in [-0.1, -0.05) is 0 Å². The van der Waals surface area contributed by atoms with Crippen LogP contribution >= 0.6 is 0 Å². The summed E-state index contributed by atoms with van der Waals surface area (Å²) in [5, 5.41) is 12.3. The first-order valence-electron chi connectivity index (χ1n) is 7.80. The number of hydrogen-bond donors (Lipinski definition) is 2. The quantitative estimate of drug-likeness (QED) is 0.831. The summed E-state index contributed by atoms with van der Waals surface area (Å²) in [5.74, 6) is 2.36. The second kappa shape index (κ2) is 6.25. The van der Waals surface area contributed by atoms with E-state index in [1.54, 1.807) is 0 Å². The number of fused-ring (bicyclic) bond motifs is 1. The molecule has 1 aromatic rings. The fraction of sp³-hybridized carbons (Fsp3) is 0.733. The molecule has 0 saturated carbocycles. The second-order valence-corrected chi connectivity index (χ2v) is 6.10. The van der Waals surface area contributed by atoms with Crippen LogP contribution in [0.1, 0.15) is 29.4 Å². The molecule has 0 bridgehead atoms. The standard InChI is InChI=1S/C15H25N5O/c1-16-15-12-4-5-19(2)10-13(12)17-14(18-15)11-3-6-20(9-11)7-8-21/h11,21H,3-10H2,1-2H3,(H,16,17,18). The van der Waals surface area contributed by atoms with Crippen molar-refractivity contribution in [2.45, 2.75) is 25.3 Å². The molecule has 1 atom stereocenters. The van der Waals surface area contributed by atoms with Gasteiger partial charge < -0.3 is 20.2 Å². The number of aliphatic hydroxyl groups is 1. The number of likely N-dealkylation sites (N-methyl/N-ethyl adjacent to an activating group) is 1. The summed E-state index contributed by atoms with van der Waals surface area (Å²) in [6.45, 7) is 4.94. The molecule has 0 aromatic carbocycles. The van der Waals surface area contributed by atoms with Gasteiger partial charge in [0.05, 0.1) is 12.3 Å². The minimum atomic E-state index is 0.227. The fourth-order valence-electron chi connectivity index (χ4n) is 3.36. The predicted octanol–water partition coefficient (Wildman–Crippen LogP) is 0.288. The molecule has 0 amide bonds. The Morgan fingerprint density at radius 3 is 2.95 bits per heavy atom. The maximum absolute atomic E-state index is 9.06. The van der Waals surface area contributed by atoms with E-state index in [0.29, 0.717) is 5.92 Å². The lowest BCUT2D eigenvalue weighted by molar-refractivity contribution is 0.220. The molecule has 3 heterocycles. The Morgan fingerprint density at radius 1 is 1.33 bits per heavy atom. The van der Waals surface area contributed by atoms with E-state index in [0.717, 1.165) is 57.2 Å². The normalized spacial score (nSPS) is 23.3. The van der Waals surface area contributed by atoms with Crippen LogP contribution in [-0.4, -0.2) is 71.8 Å². The highest BCUT2D eigenvalue weighted by Crippen LogP contribution is 2.29. The average molecular weight is 291 g/mol. The minimum Gasteiger partial charge on any atom is -0.395 e. The second-order valence-electron chi connectivity index (χ2n) is 6.10. The molecule has 2 aliphatic heterocycles. The molecule has 1 fully saturated rings. The first kappa shape index (κ1) is 14.7. The van der Waals surface area contributed by atoms with Crippen molar-refractivity contribution in [2.75, 3.05) is 52.2 Å². The van der Waals surface area contributed by atoms with Crippen LogP contribution in [0, 0.1) is 0 Å². The Labute approximate surface area is 126 Å². The highest BCUT2D eigenvalue weighted by Gasteiger charge is 2.28. The summed E-state index contributed by atoms with van der Waals surface area (Å²) in [5.41, 5.74) is 2.46. The number of aromatic nitrogens is 2. The third-order valence-corrected chi connectivity index (χ3v) is 4.56. The molecule has 1 saturated heterocycles. The van der Waals surface area contributed by atoms with E-state index in [1.165, 1.54) is 11.3 Å². The molecule has 6 heteroatoms. The number of aliphatic hydroxyl groups excluding tert-OH is 1. The SMILES string of the molecule is CNc1nc(C2CCN(CCO)C2)nc2c1CCN(C)C2. The fourth-order valence-corrected chi connectivity index (χ4v) is 3.36. The summed E-state index contributed by atoms with van der Waals surface area (Å²) < 4.78 is 0. The summed E-state index contributed by atoms with van der Waals surface area (Å²) in [6.07, 6.45) is 2.10. The zero-order valence-corrected chi connectivity index (χ0v) is 13.0. The molecule has 0 spiro atoms. The highest BCUT2D eigenvalue weighted by atomic mass is 16.3. The zero-order valence-electron chi connectivity index (χ0n) is 13.0. The third-order valence-electron chi connectivity index (χ3n) is 4.56. The molecular weight excluding hydrogens is 266 g/mol. The lowest BCUT2D eigenvalue weighted by Crippen LogP contribution is -2.29. The van der Waals surface area contributed by atoms with Crippen molar-refractivity contribution in [2.24, 2.45) is 0 Å². The van der Waals surface area contributed by atoms with Gasteiger partial charge in [-0.25, -0.2) is 9.97 Å². The largest absolute Gasteiger partial charge is 0.395 e. The van der Waals surface area contributed by atoms with Crippen molar-refractivity contribution >= 4 is 5.82 Å². The van der Waals surface area contributed by atoms with Crippen molar-refractivity contribution in [1.82, 2.24) is 19.8 Å². The maximum atomic E-state index is 9.06. The molecule has 1 aromatic heterocycles. The average Bonchev–Trinajstić information content (AvgIpc) is 2.94. The Kier molecular flexibility index (Phi) is 4.37. The maximum Gasteiger partial charge on any atom is 0.135 e. The summed E-state index contributed by atoms with van der Waals surface area (Å²) in [6, 6.07) is 0. The van der Waals surface area contributed by atoms with Crippen LogP contribution < -0.4 is 5.32 Å². The van der Waals surface area contributed by atoms with Gasteiger partial charge in [0.25, 0.3) is 0 Å². The molecule has 2 N–H and O–H groups in total. The zero-order chi connectivity index (χ0) is 14.8. The lowest BCUT2D eigenvalue weighted by Gasteiger charge is -2.26. The summed E-state index contributed by atoms with van der Waals surface area (Å²) in [4.78, 5) is 14.2. The number of β-amino-alcohol motifs (C(OH)–C–C–N with tert-alkyl or cyclic N) is 1. The summed E-state index contributed by atoms with van der Waals surface area (Å²) >= 11 is 0. The van der Waals surface area contributed by atoms with Crippen LogP contribution in [0.15, 0.2) is 0 Å². The van der Waals surface area contributed by atoms with E-state index >= 15 is 0 Å². The van der Waals surface area contributed by atoms with E-state index < -0.39 is 0 Å². The Balaban J connectivity index is 1.85. The Morgan fingerprint density at radius 2 is 2.19 bits per heavy atom. The van der Waals surface area contributed by atoms with E-state index in [4.69, 9.17) is 15.1 Å². The number of hydrogen-bond acceptors (Lipinski definition) is 6. The van der Waals surface area contributed by atoms with Gasteiger partial charge in [-0.2, -0.15) is 0 Å². The van der Waals surface area contributed by atoms with Crippen LogP contribution in [0.2, 0.25) is 0 Å². The van der Waals surface area contributed by atoms with Gasteiger partial charge in [-0.05, 0) is 26.4 Å². The molecule has 21 heavy (non-hydrogen) atoms. The van der Waals surface area contributed by atoms with Gasteiger partial charge in [-0.3, -0.25) is 0 Å². The predicted molar refractivity (Wildman–Crippen MR) is 82.5 cm³/mol. The van der Waals surface area contributed by atoms with Crippen LogP contribution in [0.4, 0.5) is 5.82 Å². The van der Waals surface area contributed by atoms with E-state index in [-0.39, 0.29) is 6.61 Å². The molecular formula is C15H25N5O. The monoisotopic (exact) mass is 291 g/mol. The number of rotatable bonds is 4. The van der Waals surface area contributed by atoms with Gasteiger partial charge >= 0.3 is 0 Å². The van der Waals surface area contributed by atoms with Gasteiger partial charge in [0.2, 0.25) is 0 Å². The number of likely N-dealkylation sites (tertiary alicyclic amines) is 1. The van der Waals surface area contributed by atoms with Crippen molar-refractivity contribution in [3.63, 3.8) is 0 Å². The highest BCUT2D eigenvalue weighted by molar-refractivity contribution is 5.47. The van der Waals surface area contributed by atoms with Gasteiger partial charge in [0, 0.05) is 44.7 Å².